The van der Waals surface area contributed by atoms with Gasteiger partial charge in [0, 0.05) is 30.4 Å². The summed E-state index contributed by atoms with van der Waals surface area (Å²) < 4.78 is 0.132. The standard InChI is InChI=1S/C20H31N5S/c1-5-22-19(23-15-20(2,3)26-4)24-17-10-8-12-25(14-17)18-11-7-6-9-16(18)13-21/h6-7,9,11,17H,5,8,10,12,14-15H2,1-4H3,(H2,22,23,24). The first kappa shape index (κ1) is 20.4. The predicted molar refractivity (Wildman–Crippen MR) is 113 cm³/mol. The Balaban J connectivity index is 2.05. The summed E-state index contributed by atoms with van der Waals surface area (Å²) in [6.07, 6.45) is 4.34. The molecule has 0 spiro atoms. The lowest BCUT2D eigenvalue weighted by atomic mass is 10.0. The molecule has 1 unspecified atom stereocenters. The number of hydrogen-bond donors (Lipinski definition) is 2. The van der Waals surface area contributed by atoms with Crippen molar-refractivity contribution in [3.05, 3.63) is 29.8 Å². The molecule has 2 N–H and O–H groups in total. The van der Waals surface area contributed by atoms with E-state index in [4.69, 9.17) is 4.99 Å². The van der Waals surface area contributed by atoms with E-state index < -0.39 is 0 Å². The summed E-state index contributed by atoms with van der Waals surface area (Å²) in [7, 11) is 0. The zero-order valence-corrected chi connectivity index (χ0v) is 17.2. The Bertz CT molecular complexity index is 650. The van der Waals surface area contributed by atoms with E-state index in [1.165, 1.54) is 0 Å². The van der Waals surface area contributed by atoms with Gasteiger partial charge >= 0.3 is 0 Å². The SMILES string of the molecule is CCNC(=NCC(C)(C)SC)NC1CCCN(c2ccccc2C#N)C1. The Morgan fingerprint density at radius 3 is 2.88 bits per heavy atom. The van der Waals surface area contributed by atoms with Crippen molar-refractivity contribution in [1.82, 2.24) is 10.6 Å². The minimum Gasteiger partial charge on any atom is -0.368 e. The molecule has 2 rings (SSSR count). The van der Waals surface area contributed by atoms with Gasteiger partial charge in [-0.1, -0.05) is 12.1 Å². The molecule has 0 bridgehead atoms. The quantitative estimate of drug-likeness (QED) is 0.592. The van der Waals surface area contributed by atoms with Crippen LogP contribution in [0.15, 0.2) is 29.3 Å². The third kappa shape index (κ3) is 5.84. The van der Waals surface area contributed by atoms with E-state index >= 15 is 0 Å². The smallest absolute Gasteiger partial charge is 0.191 e. The summed E-state index contributed by atoms with van der Waals surface area (Å²) in [6.45, 7) is 10.0. The molecule has 0 amide bonds. The first-order valence-electron chi connectivity index (χ1n) is 9.33. The molecule has 26 heavy (non-hydrogen) atoms. The molecule has 0 aromatic heterocycles. The lowest BCUT2D eigenvalue weighted by molar-refractivity contribution is 0.467. The van der Waals surface area contributed by atoms with Crippen LogP contribution in [0.1, 0.15) is 39.2 Å². The van der Waals surface area contributed by atoms with Crippen molar-refractivity contribution < 1.29 is 0 Å². The van der Waals surface area contributed by atoms with Gasteiger partial charge in [0.05, 0.1) is 17.8 Å². The number of aliphatic imine (C=N–C) groups is 1. The van der Waals surface area contributed by atoms with Crippen molar-refractivity contribution in [3.63, 3.8) is 0 Å². The molecular weight excluding hydrogens is 342 g/mol. The summed E-state index contributed by atoms with van der Waals surface area (Å²) in [5.41, 5.74) is 1.78. The molecule has 1 aliphatic rings. The van der Waals surface area contributed by atoms with Gasteiger partial charge in [0.15, 0.2) is 5.96 Å². The van der Waals surface area contributed by atoms with Crippen LogP contribution in [0.2, 0.25) is 0 Å². The number of guanidine groups is 1. The first-order chi connectivity index (χ1) is 12.5. The second kappa shape index (κ2) is 9.72. The van der Waals surface area contributed by atoms with E-state index in [0.29, 0.717) is 6.04 Å². The van der Waals surface area contributed by atoms with E-state index in [9.17, 15) is 5.26 Å². The minimum atomic E-state index is 0.132. The molecule has 1 fully saturated rings. The van der Waals surface area contributed by atoms with E-state index in [-0.39, 0.29) is 4.75 Å². The third-order valence-electron chi connectivity index (χ3n) is 4.64. The third-order valence-corrected chi connectivity index (χ3v) is 5.88. The van der Waals surface area contributed by atoms with E-state index in [1.54, 1.807) is 0 Å². The van der Waals surface area contributed by atoms with Crippen molar-refractivity contribution >= 4 is 23.4 Å². The van der Waals surface area contributed by atoms with E-state index in [0.717, 1.165) is 56.2 Å². The van der Waals surface area contributed by atoms with Crippen molar-refractivity contribution in [2.45, 2.75) is 44.4 Å². The van der Waals surface area contributed by atoms with Crippen LogP contribution in [0.25, 0.3) is 0 Å². The van der Waals surface area contributed by atoms with Crippen LogP contribution in [-0.4, -0.2) is 49.2 Å². The number of nitriles is 1. The molecule has 1 aromatic rings. The highest BCUT2D eigenvalue weighted by Gasteiger charge is 2.23. The summed E-state index contributed by atoms with van der Waals surface area (Å²) in [5, 5.41) is 16.3. The zero-order chi connectivity index (χ0) is 19.0. The van der Waals surface area contributed by atoms with Crippen LogP contribution in [0, 0.1) is 11.3 Å². The van der Waals surface area contributed by atoms with Gasteiger partial charge in [-0.2, -0.15) is 17.0 Å². The largest absolute Gasteiger partial charge is 0.368 e. The lowest BCUT2D eigenvalue weighted by Crippen LogP contribution is -2.51. The Kier molecular flexibility index (Phi) is 7.65. The molecule has 1 aliphatic heterocycles. The number of thioether (sulfide) groups is 1. The topological polar surface area (TPSA) is 63.5 Å². The highest BCUT2D eigenvalue weighted by atomic mass is 32.2. The number of nitrogens with zero attached hydrogens (tertiary/aromatic N) is 3. The van der Waals surface area contributed by atoms with E-state index in [1.807, 2.05) is 36.0 Å². The molecule has 0 aliphatic carbocycles. The second-order valence-corrected chi connectivity index (χ2v) is 8.73. The summed E-state index contributed by atoms with van der Waals surface area (Å²) >= 11 is 1.83. The van der Waals surface area contributed by atoms with Crippen molar-refractivity contribution in [2.24, 2.45) is 4.99 Å². The molecular formula is C20H31N5S. The van der Waals surface area contributed by atoms with E-state index in [2.05, 4.69) is 48.6 Å². The molecule has 1 saturated heterocycles. The average Bonchev–Trinajstić information content (AvgIpc) is 2.66. The fraction of sp³-hybridized carbons (Fsp3) is 0.600. The summed E-state index contributed by atoms with van der Waals surface area (Å²) in [6, 6.07) is 10.5. The number of nitrogens with one attached hydrogen (secondary N) is 2. The zero-order valence-electron chi connectivity index (χ0n) is 16.4. The van der Waals surface area contributed by atoms with Crippen molar-refractivity contribution in [1.29, 1.82) is 5.26 Å². The predicted octanol–water partition coefficient (Wildman–Crippen LogP) is 3.22. The van der Waals surface area contributed by atoms with Crippen LogP contribution in [-0.2, 0) is 0 Å². The van der Waals surface area contributed by atoms with Gasteiger partial charge in [0.25, 0.3) is 0 Å². The Hall–Kier alpha value is -1.87. The van der Waals surface area contributed by atoms with Crippen LogP contribution >= 0.6 is 11.8 Å². The molecule has 1 atom stereocenters. The molecule has 0 saturated carbocycles. The molecule has 142 valence electrons. The van der Waals surface area contributed by atoms with Gasteiger partial charge in [0.1, 0.15) is 6.07 Å². The maximum atomic E-state index is 9.38. The Morgan fingerprint density at radius 2 is 2.19 bits per heavy atom. The normalized spacial score (nSPS) is 18.3. The number of anilines is 1. The lowest BCUT2D eigenvalue weighted by Gasteiger charge is -2.36. The van der Waals surface area contributed by atoms with Gasteiger partial charge in [-0.3, -0.25) is 4.99 Å². The van der Waals surface area contributed by atoms with Gasteiger partial charge in [-0.05, 0) is 52.0 Å². The fourth-order valence-electron chi connectivity index (χ4n) is 3.01. The monoisotopic (exact) mass is 373 g/mol. The fourth-order valence-corrected chi connectivity index (χ4v) is 3.20. The number of benzene rings is 1. The minimum absolute atomic E-state index is 0.132. The number of hydrogen-bond acceptors (Lipinski definition) is 4. The van der Waals surface area contributed by atoms with Crippen molar-refractivity contribution in [3.8, 4) is 6.07 Å². The van der Waals surface area contributed by atoms with Crippen LogP contribution in [0.4, 0.5) is 5.69 Å². The molecule has 5 nitrogen and oxygen atoms in total. The highest BCUT2D eigenvalue weighted by Crippen LogP contribution is 2.24. The number of rotatable bonds is 6. The maximum Gasteiger partial charge on any atom is 0.191 e. The van der Waals surface area contributed by atoms with Crippen LogP contribution in [0.5, 0.6) is 0 Å². The van der Waals surface area contributed by atoms with Gasteiger partial charge in [-0.25, -0.2) is 0 Å². The van der Waals surface area contributed by atoms with Crippen molar-refractivity contribution in [2.75, 3.05) is 37.3 Å². The van der Waals surface area contributed by atoms with Gasteiger partial charge in [0.2, 0.25) is 0 Å². The summed E-state index contributed by atoms with van der Waals surface area (Å²) in [5.74, 6) is 0.884. The first-order valence-corrected chi connectivity index (χ1v) is 10.6. The Labute approximate surface area is 162 Å². The highest BCUT2D eigenvalue weighted by molar-refractivity contribution is 7.99. The maximum absolute atomic E-state index is 9.38. The second-order valence-electron chi connectivity index (χ2n) is 7.22. The van der Waals surface area contributed by atoms with Gasteiger partial charge in [-0.15, -0.1) is 0 Å². The number of para-hydroxylation sites is 1. The molecule has 0 radical (unpaired) electrons. The Morgan fingerprint density at radius 1 is 1.42 bits per heavy atom. The molecule has 1 heterocycles. The average molecular weight is 374 g/mol. The van der Waals surface area contributed by atoms with Gasteiger partial charge < -0.3 is 15.5 Å². The molecule has 6 heteroatoms. The van der Waals surface area contributed by atoms with Crippen LogP contribution in [0.3, 0.4) is 0 Å². The summed E-state index contributed by atoms with van der Waals surface area (Å²) in [4.78, 5) is 7.10. The molecule has 1 aromatic carbocycles. The van der Waals surface area contributed by atoms with Crippen LogP contribution < -0.4 is 15.5 Å². The number of piperidine rings is 1.